The molecule has 1 saturated heterocycles. The van der Waals surface area contributed by atoms with Crippen molar-refractivity contribution in [2.24, 2.45) is 0 Å². The summed E-state index contributed by atoms with van der Waals surface area (Å²) in [4.78, 5) is -0.424. The van der Waals surface area contributed by atoms with Crippen LogP contribution in [0.3, 0.4) is 0 Å². The largest absolute Gasteiger partial charge is 0.313 e. The smallest absolute Gasteiger partial charge is 0.243 e. The fraction of sp³-hybridized carbons (Fsp3) is 0.462. The summed E-state index contributed by atoms with van der Waals surface area (Å²) in [6.07, 6.45) is 3.05. The molecule has 21 heavy (non-hydrogen) atoms. The van der Waals surface area contributed by atoms with Crippen molar-refractivity contribution < 1.29 is 12.8 Å². The number of nitrogens with zero attached hydrogens (tertiary/aromatic N) is 1. The van der Waals surface area contributed by atoms with E-state index < -0.39 is 20.7 Å². The van der Waals surface area contributed by atoms with E-state index in [1.165, 1.54) is 6.07 Å². The highest BCUT2D eigenvalue weighted by atomic mass is 35.5. The maximum absolute atomic E-state index is 13.7. The predicted molar refractivity (Wildman–Crippen MR) is 79.2 cm³/mol. The molecule has 1 heterocycles. The summed E-state index contributed by atoms with van der Waals surface area (Å²) in [6, 6.07) is 5.18. The lowest BCUT2D eigenvalue weighted by molar-refractivity contribution is 0.398. The third kappa shape index (κ3) is 4.64. The lowest BCUT2D eigenvalue weighted by atomic mass is 10.1. The Bertz CT molecular complexity index is 625. The number of halogens is 2. The quantitative estimate of drug-likeness (QED) is 0.875. The lowest BCUT2D eigenvalue weighted by Crippen LogP contribution is -2.43. The first-order valence-corrected chi connectivity index (χ1v) is 7.94. The average molecular weight is 334 g/mol. The van der Waals surface area contributed by atoms with E-state index in [0.29, 0.717) is 0 Å². The fourth-order valence-electron chi connectivity index (χ4n) is 2.17. The van der Waals surface area contributed by atoms with Crippen LogP contribution in [0, 0.1) is 17.1 Å². The van der Waals surface area contributed by atoms with Gasteiger partial charge in [-0.15, -0.1) is 12.4 Å². The van der Waals surface area contributed by atoms with Crippen LogP contribution in [0.1, 0.15) is 24.8 Å². The van der Waals surface area contributed by atoms with Crippen LogP contribution in [0.4, 0.5) is 4.39 Å². The monoisotopic (exact) mass is 333 g/mol. The van der Waals surface area contributed by atoms with Crippen molar-refractivity contribution in [1.82, 2.24) is 10.0 Å². The number of hydrogen-bond donors (Lipinski definition) is 2. The van der Waals surface area contributed by atoms with E-state index in [9.17, 15) is 12.8 Å². The Morgan fingerprint density at radius 2 is 2.19 bits per heavy atom. The second kappa shape index (κ2) is 7.71. The first-order chi connectivity index (χ1) is 9.53. The Hall–Kier alpha value is -1.20. The molecule has 0 aromatic heterocycles. The fourth-order valence-corrected chi connectivity index (χ4v) is 3.31. The number of hydrogen-bond acceptors (Lipinski definition) is 4. The Balaban J connectivity index is 0.00000220. The van der Waals surface area contributed by atoms with Crippen LogP contribution in [0.25, 0.3) is 0 Å². The van der Waals surface area contributed by atoms with E-state index in [0.717, 1.165) is 37.9 Å². The van der Waals surface area contributed by atoms with Gasteiger partial charge in [-0.2, -0.15) is 5.26 Å². The molecule has 1 fully saturated rings. The SMILES string of the molecule is Cl.N#Cc1ccc(S(=O)(=O)NCC2CCCCN2)c(F)c1. The Morgan fingerprint density at radius 3 is 2.76 bits per heavy atom. The van der Waals surface area contributed by atoms with Gasteiger partial charge in [-0.1, -0.05) is 6.42 Å². The van der Waals surface area contributed by atoms with Crippen LogP contribution in [0.15, 0.2) is 23.1 Å². The second-order valence-corrected chi connectivity index (χ2v) is 6.49. The van der Waals surface area contributed by atoms with Gasteiger partial charge in [-0.05, 0) is 37.6 Å². The normalized spacial score (nSPS) is 18.6. The van der Waals surface area contributed by atoms with Gasteiger partial charge in [0.2, 0.25) is 10.0 Å². The molecular weight excluding hydrogens is 317 g/mol. The topological polar surface area (TPSA) is 82.0 Å². The molecule has 0 bridgehead atoms. The van der Waals surface area contributed by atoms with E-state index in [2.05, 4.69) is 10.0 Å². The van der Waals surface area contributed by atoms with Gasteiger partial charge in [0.25, 0.3) is 0 Å². The third-order valence-electron chi connectivity index (χ3n) is 3.28. The van der Waals surface area contributed by atoms with Gasteiger partial charge in [0.1, 0.15) is 10.7 Å². The first-order valence-electron chi connectivity index (χ1n) is 6.45. The molecule has 1 aliphatic rings. The zero-order valence-corrected chi connectivity index (χ0v) is 12.9. The Labute approximate surface area is 130 Å². The third-order valence-corrected chi connectivity index (χ3v) is 4.74. The van der Waals surface area contributed by atoms with E-state index in [4.69, 9.17) is 5.26 Å². The van der Waals surface area contributed by atoms with Crippen molar-refractivity contribution in [2.45, 2.75) is 30.2 Å². The van der Waals surface area contributed by atoms with Crippen molar-refractivity contribution in [2.75, 3.05) is 13.1 Å². The molecule has 1 aliphatic heterocycles. The number of sulfonamides is 1. The molecule has 2 rings (SSSR count). The minimum absolute atomic E-state index is 0. The van der Waals surface area contributed by atoms with E-state index >= 15 is 0 Å². The number of rotatable bonds is 4. The first kappa shape index (κ1) is 17.9. The Kier molecular flexibility index (Phi) is 6.55. The summed E-state index contributed by atoms with van der Waals surface area (Å²) in [5, 5.41) is 11.9. The maximum Gasteiger partial charge on any atom is 0.243 e. The highest BCUT2D eigenvalue weighted by Gasteiger charge is 2.21. The molecule has 0 spiro atoms. The average Bonchev–Trinajstić information content (AvgIpc) is 2.46. The van der Waals surface area contributed by atoms with E-state index in [1.54, 1.807) is 6.07 Å². The van der Waals surface area contributed by atoms with Gasteiger partial charge >= 0.3 is 0 Å². The molecule has 5 nitrogen and oxygen atoms in total. The minimum Gasteiger partial charge on any atom is -0.313 e. The van der Waals surface area contributed by atoms with Gasteiger partial charge in [0.15, 0.2) is 0 Å². The molecule has 1 aromatic rings. The zero-order valence-electron chi connectivity index (χ0n) is 11.3. The number of benzene rings is 1. The standard InChI is InChI=1S/C13H16FN3O2S.ClH/c14-12-7-10(8-15)4-5-13(12)20(18,19)17-9-11-3-1-2-6-16-11;/h4-5,7,11,16-17H,1-3,6,9H2;1H. The number of nitriles is 1. The number of piperidine rings is 1. The number of nitrogens with one attached hydrogen (secondary N) is 2. The van der Waals surface area contributed by atoms with Crippen molar-refractivity contribution in [3.05, 3.63) is 29.6 Å². The van der Waals surface area contributed by atoms with Crippen LogP contribution < -0.4 is 10.0 Å². The van der Waals surface area contributed by atoms with Gasteiger partial charge in [-0.25, -0.2) is 17.5 Å². The van der Waals surface area contributed by atoms with Crippen molar-refractivity contribution >= 4 is 22.4 Å². The lowest BCUT2D eigenvalue weighted by Gasteiger charge is -2.23. The Morgan fingerprint density at radius 1 is 1.43 bits per heavy atom. The van der Waals surface area contributed by atoms with Crippen LogP contribution in [0.5, 0.6) is 0 Å². The van der Waals surface area contributed by atoms with Crippen LogP contribution in [0.2, 0.25) is 0 Å². The molecule has 1 aromatic carbocycles. The van der Waals surface area contributed by atoms with Crippen molar-refractivity contribution in [1.29, 1.82) is 5.26 Å². The molecule has 0 radical (unpaired) electrons. The summed E-state index contributed by atoms with van der Waals surface area (Å²) < 4.78 is 40.2. The summed E-state index contributed by atoms with van der Waals surface area (Å²) in [5.41, 5.74) is 0.0930. The van der Waals surface area contributed by atoms with Crippen LogP contribution in [-0.4, -0.2) is 27.5 Å². The molecule has 2 N–H and O–H groups in total. The molecule has 1 unspecified atom stereocenters. The van der Waals surface area contributed by atoms with Gasteiger partial charge in [0.05, 0.1) is 11.6 Å². The van der Waals surface area contributed by atoms with Gasteiger partial charge in [-0.3, -0.25) is 0 Å². The molecule has 8 heteroatoms. The maximum atomic E-state index is 13.7. The predicted octanol–water partition coefficient (Wildman–Crippen LogP) is 1.54. The second-order valence-electron chi connectivity index (χ2n) is 4.76. The minimum atomic E-state index is -3.89. The van der Waals surface area contributed by atoms with Crippen molar-refractivity contribution in [3.63, 3.8) is 0 Å². The summed E-state index contributed by atoms with van der Waals surface area (Å²) in [6.45, 7) is 1.11. The molecule has 0 amide bonds. The highest BCUT2D eigenvalue weighted by Crippen LogP contribution is 2.16. The molecule has 116 valence electrons. The highest BCUT2D eigenvalue weighted by molar-refractivity contribution is 7.89. The van der Waals surface area contributed by atoms with Crippen LogP contribution in [-0.2, 0) is 10.0 Å². The van der Waals surface area contributed by atoms with E-state index in [1.807, 2.05) is 0 Å². The van der Waals surface area contributed by atoms with Gasteiger partial charge in [0, 0.05) is 12.6 Å². The molecule has 0 saturated carbocycles. The molecule has 0 aliphatic carbocycles. The van der Waals surface area contributed by atoms with Crippen molar-refractivity contribution in [3.8, 4) is 6.07 Å². The molecular formula is C13H17ClFN3O2S. The zero-order chi connectivity index (χ0) is 14.6. The summed E-state index contributed by atoms with van der Waals surface area (Å²) >= 11 is 0. The van der Waals surface area contributed by atoms with E-state index in [-0.39, 0.29) is 30.6 Å². The molecule has 1 atom stereocenters. The summed E-state index contributed by atoms with van der Waals surface area (Å²) in [5.74, 6) is -0.909. The van der Waals surface area contributed by atoms with Gasteiger partial charge < -0.3 is 5.32 Å². The summed E-state index contributed by atoms with van der Waals surface area (Å²) in [7, 11) is -3.89. The van der Waals surface area contributed by atoms with Crippen LogP contribution >= 0.6 is 12.4 Å².